The number of nitrogen functional groups attached to an aromatic ring is 1. The predicted molar refractivity (Wildman–Crippen MR) is 44.3 cm³/mol. The molecule has 0 aliphatic heterocycles. The molecule has 52 valence electrons. The second-order valence-corrected chi connectivity index (χ2v) is 3.63. The topological polar surface area (TPSA) is 51.3 Å². The molecule has 5 heteroatoms. The third kappa shape index (κ3) is 2.04. The Balaban J connectivity index is 2.66. The molecule has 0 aliphatic carbocycles. The fraction of sp³-hybridized carbons (Fsp3) is 0.200. The summed E-state index contributed by atoms with van der Waals surface area (Å²) in [5, 5.41) is 2.27. The fourth-order valence-corrected chi connectivity index (χ4v) is 1.74. The van der Waals surface area contributed by atoms with Crippen LogP contribution in [0.2, 0.25) is 0 Å². The zero-order valence-electron chi connectivity index (χ0n) is 5.07. The molecule has 0 atom stereocenters. The average molecular weight is 218 g/mol. The quantitative estimate of drug-likeness (QED) is 0.442. The summed E-state index contributed by atoms with van der Waals surface area (Å²) in [6.45, 7) is 0.520. The minimum absolute atomic E-state index is 0.242. The summed E-state index contributed by atoms with van der Waals surface area (Å²) in [7, 11) is 0. The van der Waals surface area contributed by atoms with E-state index in [4.69, 9.17) is 5.73 Å². The fourth-order valence-electron chi connectivity index (χ4n) is 0.509. The number of isothiocyanates is 1. The van der Waals surface area contributed by atoms with E-state index in [1.165, 1.54) is 0 Å². The Morgan fingerprint density at radius 1 is 1.90 bits per heavy atom. The molecule has 0 amide bonds. The molecule has 0 aliphatic rings. The van der Waals surface area contributed by atoms with E-state index in [-0.39, 0.29) is 14.5 Å². The van der Waals surface area contributed by atoms with Gasteiger partial charge in [0.1, 0.15) is 0 Å². The summed E-state index contributed by atoms with van der Waals surface area (Å²) in [4.78, 5) is 9.76. The van der Waals surface area contributed by atoms with Crippen LogP contribution < -0.4 is 5.73 Å². The molecule has 0 fully saturated rings. The zero-order valence-corrected chi connectivity index (χ0v) is 7.60. The van der Waals surface area contributed by atoms with Gasteiger partial charge in [-0.2, -0.15) is 0 Å². The molecule has 0 unspecified atom stereocenters. The summed E-state index contributed by atoms with van der Waals surface area (Å²) >= 11 is 4.64. The van der Waals surface area contributed by atoms with Gasteiger partial charge in [-0.25, -0.2) is 0 Å². The molecule has 1 aromatic heterocycles. The third-order valence-electron chi connectivity index (χ3n) is 0.875. The molecule has 10 heavy (non-hydrogen) atoms. The van der Waals surface area contributed by atoms with E-state index in [1.54, 1.807) is 0 Å². The first-order valence-electron chi connectivity index (χ1n) is 2.56. The van der Waals surface area contributed by atoms with E-state index in [1.807, 2.05) is 4.94 Å². The van der Waals surface area contributed by atoms with E-state index in [9.17, 15) is 0 Å². The van der Waals surface area contributed by atoms with E-state index < -0.39 is 0 Å². The van der Waals surface area contributed by atoms with E-state index in [0.717, 1.165) is 5.69 Å². The Bertz CT molecular complexity index is 264. The van der Waals surface area contributed by atoms with Gasteiger partial charge in [0.25, 0.3) is 0 Å². The van der Waals surface area contributed by atoms with Crippen LogP contribution >= 0.6 is 12.2 Å². The Morgan fingerprint density at radius 2 is 2.70 bits per heavy atom. The second kappa shape index (κ2) is 3.64. The first-order chi connectivity index (χ1) is 4.83. The standard InChI is InChI=1S/C5H5N3SSe/c6-5-8-4(2-10-5)1-7-3-9/h2H,1H2,(H2,6,8). The molecule has 3 nitrogen and oxygen atoms in total. The van der Waals surface area contributed by atoms with Crippen molar-refractivity contribution in [3.05, 3.63) is 10.6 Å². The molecule has 0 bridgehead atoms. The van der Waals surface area contributed by atoms with Crippen molar-refractivity contribution >= 4 is 36.6 Å². The van der Waals surface area contributed by atoms with E-state index >= 15 is 0 Å². The van der Waals surface area contributed by atoms with Crippen LogP contribution in [0, 0.1) is 0 Å². The molecule has 1 aromatic rings. The summed E-state index contributed by atoms with van der Waals surface area (Å²) in [5.41, 5.74) is 6.35. The predicted octanol–water partition coefficient (Wildman–Crippen LogP) is 0.324. The zero-order chi connectivity index (χ0) is 7.40. The molecule has 1 rings (SSSR count). The molecule has 0 aromatic carbocycles. The molecular formula is C5H5N3SSe. The number of thiocarbonyl (C=S) groups is 1. The average Bonchev–Trinajstić information content (AvgIpc) is 2.31. The van der Waals surface area contributed by atoms with Gasteiger partial charge in [0, 0.05) is 0 Å². The molecule has 0 radical (unpaired) electrons. The van der Waals surface area contributed by atoms with Gasteiger partial charge in [-0.15, -0.1) is 0 Å². The summed E-state index contributed by atoms with van der Waals surface area (Å²) in [6, 6.07) is 0. The van der Waals surface area contributed by atoms with Crippen molar-refractivity contribution in [1.29, 1.82) is 0 Å². The molecular weight excluding hydrogens is 213 g/mol. The monoisotopic (exact) mass is 219 g/mol. The summed E-state index contributed by atoms with van der Waals surface area (Å²) in [5.74, 6) is 0. The molecule has 0 spiro atoms. The minimum atomic E-state index is 0.242. The first-order valence-corrected chi connectivity index (χ1v) is 4.82. The Morgan fingerprint density at radius 3 is 3.20 bits per heavy atom. The Labute approximate surface area is 69.7 Å². The van der Waals surface area contributed by atoms with Gasteiger partial charge in [-0.05, 0) is 0 Å². The first kappa shape index (κ1) is 7.63. The number of aromatic nitrogens is 1. The van der Waals surface area contributed by atoms with E-state index in [0.29, 0.717) is 11.2 Å². The second-order valence-electron chi connectivity index (χ2n) is 1.58. The van der Waals surface area contributed by atoms with Crippen molar-refractivity contribution in [2.45, 2.75) is 6.54 Å². The molecule has 2 N–H and O–H groups in total. The number of hydrogen-bond acceptors (Lipinski definition) is 4. The summed E-state index contributed by atoms with van der Waals surface area (Å²) < 4.78 is 0.710. The third-order valence-corrected chi connectivity index (χ3v) is 2.52. The number of aliphatic imine (C=N–C) groups is 1. The van der Waals surface area contributed by atoms with Crippen LogP contribution in [-0.2, 0) is 6.54 Å². The normalized spacial score (nSPS) is 8.80. The molecule has 1 heterocycles. The van der Waals surface area contributed by atoms with Crippen LogP contribution in [0.5, 0.6) is 0 Å². The van der Waals surface area contributed by atoms with Gasteiger partial charge < -0.3 is 0 Å². The van der Waals surface area contributed by atoms with Crippen molar-refractivity contribution in [3.8, 4) is 0 Å². The number of anilines is 1. The van der Waals surface area contributed by atoms with Gasteiger partial charge in [-0.1, -0.05) is 0 Å². The van der Waals surface area contributed by atoms with E-state index in [2.05, 4.69) is 27.4 Å². The van der Waals surface area contributed by atoms with Crippen LogP contribution in [0.25, 0.3) is 0 Å². The van der Waals surface area contributed by atoms with Crippen molar-refractivity contribution in [3.63, 3.8) is 0 Å². The van der Waals surface area contributed by atoms with Crippen LogP contribution in [0.1, 0.15) is 5.69 Å². The Hall–Kier alpha value is -0.471. The number of nitrogens with zero attached hydrogens (tertiary/aromatic N) is 2. The maximum absolute atomic E-state index is 5.43. The molecule has 0 saturated carbocycles. The van der Waals surface area contributed by atoms with Crippen LogP contribution in [0.3, 0.4) is 0 Å². The number of rotatable bonds is 2. The van der Waals surface area contributed by atoms with Crippen molar-refractivity contribution < 1.29 is 0 Å². The SMILES string of the molecule is Nc1nc(CN=C=S)c[se]1. The van der Waals surface area contributed by atoms with Crippen LogP contribution in [-0.4, -0.2) is 24.6 Å². The molecule has 0 saturated heterocycles. The number of nitrogens with two attached hydrogens (primary N) is 1. The van der Waals surface area contributed by atoms with Crippen molar-refractivity contribution in [2.75, 3.05) is 5.73 Å². The van der Waals surface area contributed by atoms with Gasteiger partial charge in [0.2, 0.25) is 0 Å². The number of hydrogen-bond donors (Lipinski definition) is 1. The van der Waals surface area contributed by atoms with Crippen LogP contribution in [0.15, 0.2) is 9.93 Å². The van der Waals surface area contributed by atoms with Crippen molar-refractivity contribution in [2.24, 2.45) is 4.99 Å². The van der Waals surface area contributed by atoms with Gasteiger partial charge in [0.05, 0.1) is 0 Å². The Kier molecular flexibility index (Phi) is 2.78. The van der Waals surface area contributed by atoms with Crippen molar-refractivity contribution in [1.82, 2.24) is 4.98 Å². The summed E-state index contributed by atoms with van der Waals surface area (Å²) in [6.07, 6.45) is 0. The van der Waals surface area contributed by atoms with Gasteiger partial charge >= 0.3 is 69.5 Å². The maximum atomic E-state index is 5.43. The van der Waals surface area contributed by atoms with Crippen LogP contribution in [0.4, 0.5) is 4.69 Å². The van der Waals surface area contributed by atoms with Gasteiger partial charge in [0.15, 0.2) is 0 Å². The van der Waals surface area contributed by atoms with Gasteiger partial charge in [-0.3, -0.25) is 0 Å².